The maximum atomic E-state index is 13.9. The minimum atomic E-state index is -3.97. The third-order valence-corrected chi connectivity index (χ3v) is 12.9. The zero-order chi connectivity index (χ0) is 27.6. The van der Waals surface area contributed by atoms with Crippen LogP contribution in [-0.2, 0) is 39.2 Å². The van der Waals surface area contributed by atoms with E-state index < -0.39 is 49.2 Å². The van der Waals surface area contributed by atoms with Crippen LogP contribution in [0.3, 0.4) is 0 Å². The Labute approximate surface area is 229 Å². The third-order valence-electron chi connectivity index (χ3n) is 7.04. The molecule has 13 heteroatoms. The van der Waals surface area contributed by atoms with Gasteiger partial charge in [0.15, 0.2) is 16.1 Å². The molecular formula is C25H35N3O7S3. The number of rotatable bonds is 8. The van der Waals surface area contributed by atoms with Gasteiger partial charge >= 0.3 is 0 Å². The monoisotopic (exact) mass is 585 g/mol. The van der Waals surface area contributed by atoms with Gasteiger partial charge in [0.25, 0.3) is 10.2 Å². The molecule has 2 saturated heterocycles. The molecular weight excluding hydrogens is 550 g/mol. The highest BCUT2D eigenvalue weighted by atomic mass is 32.2. The summed E-state index contributed by atoms with van der Waals surface area (Å²) in [7, 11) is -4.99. The zero-order valence-electron chi connectivity index (χ0n) is 21.9. The van der Waals surface area contributed by atoms with Crippen LogP contribution in [0.2, 0.25) is 0 Å². The second-order valence-electron chi connectivity index (χ2n) is 9.90. The highest BCUT2D eigenvalue weighted by Crippen LogP contribution is 2.45. The summed E-state index contributed by atoms with van der Waals surface area (Å²) in [6.45, 7) is 2.29. The Morgan fingerprint density at radius 2 is 1.92 bits per heavy atom. The van der Waals surface area contributed by atoms with Crippen LogP contribution in [-0.4, -0.2) is 77.2 Å². The summed E-state index contributed by atoms with van der Waals surface area (Å²) in [5.74, 6) is -1.01. The molecule has 0 aliphatic carbocycles. The lowest BCUT2D eigenvalue weighted by atomic mass is 9.97. The van der Waals surface area contributed by atoms with Crippen molar-refractivity contribution in [3.8, 4) is 10.4 Å². The lowest BCUT2D eigenvalue weighted by molar-refractivity contribution is -0.200. The van der Waals surface area contributed by atoms with Crippen LogP contribution in [0.1, 0.15) is 42.5 Å². The summed E-state index contributed by atoms with van der Waals surface area (Å²) >= 11 is 1.31. The van der Waals surface area contributed by atoms with Crippen molar-refractivity contribution in [2.75, 3.05) is 39.5 Å². The summed E-state index contributed by atoms with van der Waals surface area (Å²) in [6.07, 6.45) is 1.42. The molecule has 2 unspecified atom stereocenters. The predicted octanol–water partition coefficient (Wildman–Crippen LogP) is 2.81. The number of hydrogen-bond donors (Lipinski definition) is 1. The van der Waals surface area contributed by atoms with Gasteiger partial charge in [-0.05, 0) is 43.9 Å². The van der Waals surface area contributed by atoms with Crippen molar-refractivity contribution in [3.05, 3.63) is 46.8 Å². The summed E-state index contributed by atoms with van der Waals surface area (Å²) in [6, 6.07) is 11.5. The molecule has 2 aliphatic heterocycles. The average molecular weight is 586 g/mol. The van der Waals surface area contributed by atoms with Crippen LogP contribution in [0, 0.1) is 6.92 Å². The fourth-order valence-corrected chi connectivity index (χ4v) is 9.53. The van der Waals surface area contributed by atoms with Crippen LogP contribution >= 0.6 is 11.3 Å². The van der Waals surface area contributed by atoms with E-state index in [1.807, 2.05) is 37.3 Å². The molecule has 210 valence electrons. The summed E-state index contributed by atoms with van der Waals surface area (Å²) < 4.78 is 59.7. The van der Waals surface area contributed by atoms with E-state index in [4.69, 9.17) is 9.57 Å². The van der Waals surface area contributed by atoms with E-state index >= 15 is 0 Å². The van der Waals surface area contributed by atoms with Gasteiger partial charge in [0.1, 0.15) is 4.75 Å². The fraction of sp³-hybridized carbons (Fsp3) is 0.560. The molecule has 4 rings (SSSR count). The summed E-state index contributed by atoms with van der Waals surface area (Å²) in [5, 5.41) is 0. The number of thiophene rings is 1. The van der Waals surface area contributed by atoms with Gasteiger partial charge in [0, 0.05) is 50.0 Å². The number of nitrogens with one attached hydrogen (secondary N) is 1. The molecule has 0 spiro atoms. The largest absolute Gasteiger partial charge is 0.350 e. The molecule has 0 bridgehead atoms. The number of ether oxygens (including phenoxy) is 1. The first kappa shape index (κ1) is 29.1. The number of aryl methyl sites for hydroxylation is 1. The number of amides is 1. The number of sulfone groups is 1. The first-order chi connectivity index (χ1) is 17.9. The first-order valence-corrected chi connectivity index (χ1v) is 16.4. The van der Waals surface area contributed by atoms with Crippen molar-refractivity contribution in [2.45, 2.75) is 50.1 Å². The van der Waals surface area contributed by atoms with Crippen LogP contribution in [0.4, 0.5) is 0 Å². The lowest BCUT2D eigenvalue weighted by Crippen LogP contribution is -2.43. The van der Waals surface area contributed by atoms with E-state index in [9.17, 15) is 21.6 Å². The van der Waals surface area contributed by atoms with E-state index in [1.54, 1.807) is 6.07 Å². The first-order valence-electron chi connectivity index (χ1n) is 12.6. The minimum absolute atomic E-state index is 0.0443. The average Bonchev–Trinajstić information content (AvgIpc) is 3.33. The van der Waals surface area contributed by atoms with Gasteiger partial charge in [0.05, 0.1) is 12.2 Å². The third kappa shape index (κ3) is 6.14. The van der Waals surface area contributed by atoms with E-state index in [1.165, 1.54) is 29.7 Å². The molecule has 0 radical (unpaired) electrons. The molecule has 1 aromatic carbocycles. The quantitative estimate of drug-likeness (QED) is 0.473. The van der Waals surface area contributed by atoms with Crippen LogP contribution in [0.5, 0.6) is 0 Å². The molecule has 3 heterocycles. The number of benzene rings is 1. The SMILES string of the molecule is Cc1ccc(-c2ccc(C3(CC(=O)NOC4CCCCO4)CCN(S(=O)(=O)N(C)C)CCS3(=O)=O)s2)cc1. The van der Waals surface area contributed by atoms with Gasteiger partial charge in [-0.3, -0.25) is 4.79 Å². The number of hydroxylamine groups is 1. The molecule has 1 aromatic heterocycles. The fourth-order valence-electron chi connectivity index (χ4n) is 4.70. The Hall–Kier alpha value is -1.87. The number of carbonyl (C=O) groups excluding carboxylic acids is 1. The Morgan fingerprint density at radius 1 is 1.18 bits per heavy atom. The molecule has 2 aromatic rings. The minimum Gasteiger partial charge on any atom is -0.350 e. The molecule has 10 nitrogen and oxygen atoms in total. The molecule has 2 atom stereocenters. The van der Waals surface area contributed by atoms with Crippen LogP contribution in [0.25, 0.3) is 10.4 Å². The summed E-state index contributed by atoms with van der Waals surface area (Å²) in [4.78, 5) is 19.9. The number of nitrogens with zero attached hydrogens (tertiary/aromatic N) is 2. The maximum Gasteiger partial charge on any atom is 0.281 e. The van der Waals surface area contributed by atoms with Crippen LogP contribution < -0.4 is 5.48 Å². The molecule has 2 fully saturated rings. The second kappa shape index (κ2) is 11.7. The molecule has 0 saturated carbocycles. The van der Waals surface area contributed by atoms with Crippen molar-refractivity contribution in [1.82, 2.24) is 14.1 Å². The van der Waals surface area contributed by atoms with Crippen LogP contribution in [0.15, 0.2) is 36.4 Å². The Bertz CT molecular complexity index is 1330. The highest BCUT2D eigenvalue weighted by molar-refractivity contribution is 7.92. The van der Waals surface area contributed by atoms with Gasteiger partial charge in [-0.25, -0.2) is 18.7 Å². The Morgan fingerprint density at radius 3 is 2.58 bits per heavy atom. The normalized spacial score (nSPS) is 24.7. The van der Waals surface area contributed by atoms with Crippen molar-refractivity contribution in [3.63, 3.8) is 0 Å². The second-order valence-corrected chi connectivity index (χ2v) is 15.5. The van der Waals surface area contributed by atoms with E-state index in [0.29, 0.717) is 17.9 Å². The molecule has 2 aliphatic rings. The van der Waals surface area contributed by atoms with Crippen molar-refractivity contribution < 1.29 is 31.2 Å². The standard InChI is InChI=1S/C25H35N3O7S3/c1-19-7-9-20(10-8-19)21-11-12-22(36-21)25(18-23(29)26-35-24-6-4-5-16-34-24)13-14-28(15-17-37(25,30)31)38(32,33)27(2)3/h7-12,24H,4-6,13-18H2,1-3H3,(H,26,29). The molecule has 38 heavy (non-hydrogen) atoms. The van der Waals surface area contributed by atoms with Gasteiger partial charge in [0.2, 0.25) is 5.91 Å². The van der Waals surface area contributed by atoms with E-state index in [2.05, 4.69) is 5.48 Å². The Kier molecular flexibility index (Phi) is 8.97. The van der Waals surface area contributed by atoms with Crippen molar-refractivity contribution >= 4 is 37.3 Å². The van der Waals surface area contributed by atoms with Gasteiger partial charge in [-0.1, -0.05) is 29.8 Å². The number of carbonyl (C=O) groups is 1. The molecule has 1 N–H and O–H groups in total. The van der Waals surface area contributed by atoms with Gasteiger partial charge < -0.3 is 4.74 Å². The van der Waals surface area contributed by atoms with Gasteiger partial charge in [-0.2, -0.15) is 17.0 Å². The lowest BCUT2D eigenvalue weighted by Gasteiger charge is -2.31. The van der Waals surface area contributed by atoms with Crippen molar-refractivity contribution in [2.24, 2.45) is 0 Å². The Balaban J connectivity index is 1.68. The zero-order valence-corrected chi connectivity index (χ0v) is 24.3. The van der Waals surface area contributed by atoms with E-state index in [0.717, 1.165) is 33.2 Å². The van der Waals surface area contributed by atoms with E-state index in [-0.39, 0.29) is 19.5 Å². The summed E-state index contributed by atoms with van der Waals surface area (Å²) in [5.41, 5.74) is 4.44. The predicted molar refractivity (Wildman–Crippen MR) is 146 cm³/mol. The van der Waals surface area contributed by atoms with Gasteiger partial charge in [-0.15, -0.1) is 11.3 Å². The van der Waals surface area contributed by atoms with Crippen molar-refractivity contribution in [1.29, 1.82) is 0 Å². The highest BCUT2D eigenvalue weighted by Gasteiger charge is 2.50. The number of hydrogen-bond acceptors (Lipinski definition) is 8. The topological polar surface area (TPSA) is 122 Å². The maximum absolute atomic E-state index is 13.9. The molecule has 1 amide bonds. The smallest absolute Gasteiger partial charge is 0.281 e.